The van der Waals surface area contributed by atoms with Gasteiger partial charge in [-0.15, -0.1) is 0 Å². The van der Waals surface area contributed by atoms with Crippen molar-refractivity contribution in [2.45, 2.75) is 26.8 Å². The lowest BCUT2D eigenvalue weighted by atomic mass is 10.1. The van der Waals surface area contributed by atoms with Gasteiger partial charge in [0.05, 0.1) is 6.54 Å². The molecule has 5 nitrogen and oxygen atoms in total. The van der Waals surface area contributed by atoms with Crippen LogP contribution in [-0.4, -0.2) is 42.2 Å². The molecule has 0 bridgehead atoms. The normalized spacial score (nSPS) is 20.0. The van der Waals surface area contributed by atoms with Gasteiger partial charge in [0, 0.05) is 6.54 Å². The molecule has 1 fully saturated rings. The number of carboxylic acid groups (broad SMARTS) is 1. The number of furan rings is 1. The summed E-state index contributed by atoms with van der Waals surface area (Å²) in [7, 11) is 0. The molecule has 1 atom stereocenters. The molecule has 19 heavy (non-hydrogen) atoms. The van der Waals surface area contributed by atoms with Crippen molar-refractivity contribution < 1.29 is 14.3 Å². The molecule has 106 valence electrons. The molecule has 5 heteroatoms. The van der Waals surface area contributed by atoms with Crippen LogP contribution in [-0.2, 0) is 6.54 Å². The Morgan fingerprint density at radius 3 is 3.00 bits per heavy atom. The van der Waals surface area contributed by atoms with Crippen LogP contribution < -0.4 is 5.32 Å². The first-order valence-electron chi connectivity index (χ1n) is 6.85. The van der Waals surface area contributed by atoms with Crippen molar-refractivity contribution in [3.05, 3.63) is 23.2 Å². The summed E-state index contributed by atoms with van der Waals surface area (Å²) in [4.78, 5) is 13.4. The van der Waals surface area contributed by atoms with E-state index in [1.54, 1.807) is 13.0 Å². The number of carboxylic acids is 1. The summed E-state index contributed by atoms with van der Waals surface area (Å²) in [5, 5.41) is 12.3. The lowest BCUT2D eigenvalue weighted by molar-refractivity contribution is 0.0695. The van der Waals surface area contributed by atoms with Crippen LogP contribution in [0.4, 0.5) is 0 Å². The standard InChI is InChI=1S/C14H22N2O3/c1-3-16-5-4-11(9-16)7-15-8-12-6-13(14(17)18)10(2)19-12/h6,11,15H,3-5,7-9H2,1-2H3,(H,17,18). The van der Waals surface area contributed by atoms with Crippen LogP contribution >= 0.6 is 0 Å². The lowest BCUT2D eigenvalue weighted by Gasteiger charge is -2.13. The Kier molecular flexibility index (Phi) is 4.61. The minimum absolute atomic E-state index is 0.259. The fourth-order valence-corrected chi connectivity index (χ4v) is 2.61. The molecule has 0 amide bonds. The number of hydrogen-bond donors (Lipinski definition) is 2. The molecule has 2 rings (SSSR count). The molecule has 1 aliphatic heterocycles. The number of rotatable bonds is 6. The highest BCUT2D eigenvalue weighted by molar-refractivity contribution is 5.88. The molecule has 1 aromatic heterocycles. The zero-order chi connectivity index (χ0) is 13.8. The van der Waals surface area contributed by atoms with Crippen molar-refractivity contribution in [1.82, 2.24) is 10.2 Å². The Labute approximate surface area is 113 Å². The molecule has 1 saturated heterocycles. The van der Waals surface area contributed by atoms with Gasteiger partial charge in [0.25, 0.3) is 0 Å². The quantitative estimate of drug-likeness (QED) is 0.820. The molecular weight excluding hydrogens is 244 g/mol. The molecule has 2 N–H and O–H groups in total. The Hall–Kier alpha value is -1.33. The van der Waals surface area contributed by atoms with Crippen LogP contribution in [0.3, 0.4) is 0 Å². The smallest absolute Gasteiger partial charge is 0.339 e. The highest BCUT2D eigenvalue weighted by Gasteiger charge is 2.20. The summed E-state index contributed by atoms with van der Waals surface area (Å²) in [5.74, 6) is 0.930. The number of likely N-dealkylation sites (tertiary alicyclic amines) is 1. The first kappa shape index (κ1) is 14.1. The minimum atomic E-state index is -0.929. The zero-order valence-corrected chi connectivity index (χ0v) is 11.6. The molecular formula is C14H22N2O3. The number of hydrogen-bond acceptors (Lipinski definition) is 4. The van der Waals surface area contributed by atoms with Crippen molar-refractivity contribution in [3.63, 3.8) is 0 Å². The average Bonchev–Trinajstić information content (AvgIpc) is 2.96. The largest absolute Gasteiger partial charge is 0.478 e. The number of nitrogens with one attached hydrogen (secondary N) is 1. The van der Waals surface area contributed by atoms with Gasteiger partial charge in [-0.25, -0.2) is 4.79 Å². The maximum absolute atomic E-state index is 10.9. The van der Waals surface area contributed by atoms with E-state index in [2.05, 4.69) is 17.1 Å². The van der Waals surface area contributed by atoms with Gasteiger partial charge in [-0.05, 0) is 45.0 Å². The monoisotopic (exact) mass is 266 g/mol. The molecule has 1 aliphatic rings. The van der Waals surface area contributed by atoms with E-state index in [-0.39, 0.29) is 5.56 Å². The number of nitrogens with zero attached hydrogens (tertiary/aromatic N) is 1. The van der Waals surface area contributed by atoms with E-state index in [4.69, 9.17) is 9.52 Å². The van der Waals surface area contributed by atoms with Crippen molar-refractivity contribution in [3.8, 4) is 0 Å². The number of carbonyl (C=O) groups is 1. The predicted molar refractivity (Wildman–Crippen MR) is 72.3 cm³/mol. The first-order valence-corrected chi connectivity index (χ1v) is 6.85. The molecule has 0 spiro atoms. The van der Waals surface area contributed by atoms with Gasteiger partial charge in [0.2, 0.25) is 0 Å². The second-order valence-electron chi connectivity index (χ2n) is 5.17. The van der Waals surface area contributed by atoms with Gasteiger partial charge in [-0.2, -0.15) is 0 Å². The van der Waals surface area contributed by atoms with Crippen molar-refractivity contribution in [2.75, 3.05) is 26.2 Å². The van der Waals surface area contributed by atoms with Gasteiger partial charge in [-0.1, -0.05) is 6.92 Å². The van der Waals surface area contributed by atoms with E-state index in [1.807, 2.05) is 0 Å². The lowest BCUT2D eigenvalue weighted by Crippen LogP contribution is -2.26. The van der Waals surface area contributed by atoms with Gasteiger partial charge >= 0.3 is 5.97 Å². The van der Waals surface area contributed by atoms with E-state index in [9.17, 15) is 4.79 Å². The molecule has 0 saturated carbocycles. The molecule has 0 aliphatic carbocycles. The summed E-state index contributed by atoms with van der Waals surface area (Å²) in [6.45, 7) is 8.89. The maximum Gasteiger partial charge on any atom is 0.339 e. The Bertz CT molecular complexity index is 442. The molecule has 1 aromatic rings. The zero-order valence-electron chi connectivity index (χ0n) is 11.6. The number of aromatic carboxylic acids is 1. The van der Waals surface area contributed by atoms with E-state index < -0.39 is 5.97 Å². The fraction of sp³-hybridized carbons (Fsp3) is 0.643. The van der Waals surface area contributed by atoms with Crippen LogP contribution in [0.1, 0.15) is 35.2 Å². The van der Waals surface area contributed by atoms with E-state index in [0.717, 1.165) is 19.6 Å². The molecule has 1 unspecified atom stereocenters. The van der Waals surface area contributed by atoms with E-state index in [0.29, 0.717) is 24.0 Å². The van der Waals surface area contributed by atoms with Crippen molar-refractivity contribution in [1.29, 1.82) is 0 Å². The predicted octanol–water partition coefficient (Wildman–Crippen LogP) is 1.72. The molecule has 0 aromatic carbocycles. The van der Waals surface area contributed by atoms with Gasteiger partial charge in [0.1, 0.15) is 17.1 Å². The van der Waals surface area contributed by atoms with E-state index in [1.165, 1.54) is 13.0 Å². The summed E-state index contributed by atoms with van der Waals surface area (Å²) in [6.07, 6.45) is 1.23. The third-order valence-electron chi connectivity index (χ3n) is 3.75. The van der Waals surface area contributed by atoms with E-state index >= 15 is 0 Å². The Morgan fingerprint density at radius 2 is 2.42 bits per heavy atom. The highest BCUT2D eigenvalue weighted by Crippen LogP contribution is 2.16. The minimum Gasteiger partial charge on any atom is -0.478 e. The Morgan fingerprint density at radius 1 is 1.63 bits per heavy atom. The van der Waals surface area contributed by atoms with Crippen LogP contribution in [0.15, 0.2) is 10.5 Å². The van der Waals surface area contributed by atoms with Crippen LogP contribution in [0, 0.1) is 12.8 Å². The van der Waals surface area contributed by atoms with Gasteiger partial charge in [-0.3, -0.25) is 0 Å². The number of aryl methyl sites for hydroxylation is 1. The first-order chi connectivity index (χ1) is 9.10. The van der Waals surface area contributed by atoms with Gasteiger partial charge in [0.15, 0.2) is 0 Å². The SMILES string of the molecule is CCN1CCC(CNCc2cc(C(=O)O)c(C)o2)C1. The van der Waals surface area contributed by atoms with Crippen LogP contribution in [0.5, 0.6) is 0 Å². The van der Waals surface area contributed by atoms with Crippen molar-refractivity contribution >= 4 is 5.97 Å². The summed E-state index contributed by atoms with van der Waals surface area (Å²) in [5.41, 5.74) is 0.259. The summed E-state index contributed by atoms with van der Waals surface area (Å²) < 4.78 is 5.43. The van der Waals surface area contributed by atoms with Crippen LogP contribution in [0.2, 0.25) is 0 Å². The molecule has 2 heterocycles. The third kappa shape index (κ3) is 3.58. The second kappa shape index (κ2) is 6.21. The highest BCUT2D eigenvalue weighted by atomic mass is 16.4. The van der Waals surface area contributed by atoms with Crippen molar-refractivity contribution in [2.24, 2.45) is 5.92 Å². The van der Waals surface area contributed by atoms with Crippen LogP contribution in [0.25, 0.3) is 0 Å². The second-order valence-corrected chi connectivity index (χ2v) is 5.17. The van der Waals surface area contributed by atoms with Gasteiger partial charge < -0.3 is 19.7 Å². The fourth-order valence-electron chi connectivity index (χ4n) is 2.61. The molecule has 0 radical (unpaired) electrons. The third-order valence-corrected chi connectivity index (χ3v) is 3.75. The summed E-state index contributed by atoms with van der Waals surface area (Å²) in [6, 6.07) is 1.61. The summed E-state index contributed by atoms with van der Waals surface area (Å²) >= 11 is 0. The average molecular weight is 266 g/mol. The Balaban J connectivity index is 1.77. The maximum atomic E-state index is 10.9. The topological polar surface area (TPSA) is 65.7 Å².